The van der Waals surface area contributed by atoms with Crippen molar-refractivity contribution < 1.29 is 0 Å². The molecule has 1 heterocycles. The molecule has 1 nitrogen and oxygen atoms in total. The van der Waals surface area contributed by atoms with Gasteiger partial charge in [-0.05, 0) is 61.4 Å². The van der Waals surface area contributed by atoms with Gasteiger partial charge in [0.05, 0.1) is 10.7 Å². The SMILES string of the molecule is CCN1/C(=C/C(=S)c2ccccc2)Sc2c1ccc1c2CCCC1. The third-order valence-electron chi connectivity index (χ3n) is 4.85. The number of hydrogen-bond acceptors (Lipinski definition) is 3. The topological polar surface area (TPSA) is 3.24 Å². The third-order valence-corrected chi connectivity index (χ3v) is 6.41. The summed E-state index contributed by atoms with van der Waals surface area (Å²) in [5.41, 5.74) is 5.62. The van der Waals surface area contributed by atoms with Gasteiger partial charge < -0.3 is 4.90 Å². The fourth-order valence-corrected chi connectivity index (χ4v) is 5.30. The molecule has 0 saturated heterocycles. The molecule has 0 unspecified atom stereocenters. The number of hydrogen-bond donors (Lipinski definition) is 0. The fraction of sp³-hybridized carbons (Fsp3) is 0.286. The Morgan fingerprint density at radius 2 is 1.92 bits per heavy atom. The smallest absolute Gasteiger partial charge is 0.0816 e. The predicted molar refractivity (Wildman–Crippen MR) is 108 cm³/mol. The van der Waals surface area contributed by atoms with Crippen LogP contribution in [0, 0.1) is 0 Å². The van der Waals surface area contributed by atoms with E-state index in [1.54, 1.807) is 11.1 Å². The molecule has 2 aliphatic rings. The molecule has 0 radical (unpaired) electrons. The van der Waals surface area contributed by atoms with Gasteiger partial charge >= 0.3 is 0 Å². The summed E-state index contributed by atoms with van der Waals surface area (Å²) in [6.07, 6.45) is 7.27. The van der Waals surface area contributed by atoms with Gasteiger partial charge in [0.2, 0.25) is 0 Å². The van der Waals surface area contributed by atoms with Gasteiger partial charge in [0.25, 0.3) is 0 Å². The molecule has 122 valence electrons. The first-order valence-electron chi connectivity index (χ1n) is 8.69. The van der Waals surface area contributed by atoms with E-state index in [1.807, 2.05) is 30.0 Å². The predicted octanol–water partition coefficient (Wildman–Crippen LogP) is 5.76. The summed E-state index contributed by atoms with van der Waals surface area (Å²) in [5.74, 6) is 0. The lowest BCUT2D eigenvalue weighted by Crippen LogP contribution is -2.17. The van der Waals surface area contributed by atoms with Gasteiger partial charge in [-0.3, -0.25) is 0 Å². The average molecular weight is 352 g/mol. The van der Waals surface area contributed by atoms with Crippen LogP contribution in [0.4, 0.5) is 5.69 Å². The molecule has 2 aromatic carbocycles. The molecule has 2 aromatic rings. The number of allylic oxidation sites excluding steroid dienone is 1. The van der Waals surface area contributed by atoms with Crippen molar-refractivity contribution >= 4 is 34.5 Å². The number of aryl methyl sites for hydroxylation is 1. The molecule has 1 aliphatic heterocycles. The Labute approximate surface area is 153 Å². The van der Waals surface area contributed by atoms with Crippen molar-refractivity contribution in [3.8, 4) is 0 Å². The Kier molecular flexibility index (Phi) is 4.47. The van der Waals surface area contributed by atoms with Gasteiger partial charge in [-0.25, -0.2) is 0 Å². The van der Waals surface area contributed by atoms with Gasteiger partial charge in [0.1, 0.15) is 0 Å². The maximum Gasteiger partial charge on any atom is 0.0816 e. The van der Waals surface area contributed by atoms with E-state index in [2.05, 4.69) is 42.2 Å². The number of thiocarbonyl (C=S) groups is 1. The minimum Gasteiger partial charge on any atom is -0.335 e. The zero-order chi connectivity index (χ0) is 16.5. The molecule has 0 amide bonds. The molecule has 0 aromatic heterocycles. The maximum atomic E-state index is 5.67. The van der Waals surface area contributed by atoms with E-state index in [9.17, 15) is 0 Å². The first-order chi connectivity index (χ1) is 11.8. The molecule has 0 saturated carbocycles. The Balaban J connectivity index is 1.71. The van der Waals surface area contributed by atoms with Gasteiger partial charge in [-0.15, -0.1) is 0 Å². The van der Waals surface area contributed by atoms with Crippen molar-refractivity contribution in [2.75, 3.05) is 11.4 Å². The lowest BCUT2D eigenvalue weighted by Gasteiger charge is -2.21. The van der Waals surface area contributed by atoms with Crippen LogP contribution in [0.25, 0.3) is 0 Å². The Bertz CT molecular complexity index is 808. The highest BCUT2D eigenvalue weighted by atomic mass is 32.2. The first-order valence-corrected chi connectivity index (χ1v) is 9.91. The zero-order valence-electron chi connectivity index (χ0n) is 13.9. The quantitative estimate of drug-likeness (QED) is 0.393. The zero-order valence-corrected chi connectivity index (χ0v) is 15.6. The van der Waals surface area contributed by atoms with Crippen LogP contribution in [0.3, 0.4) is 0 Å². The van der Waals surface area contributed by atoms with E-state index >= 15 is 0 Å². The van der Waals surface area contributed by atoms with E-state index < -0.39 is 0 Å². The summed E-state index contributed by atoms with van der Waals surface area (Å²) in [6, 6.07) is 14.9. The molecule has 1 aliphatic carbocycles. The van der Waals surface area contributed by atoms with Crippen LogP contribution in [0.15, 0.2) is 58.5 Å². The maximum absolute atomic E-state index is 5.67. The van der Waals surface area contributed by atoms with Gasteiger partial charge in [-0.2, -0.15) is 0 Å². The second-order valence-electron chi connectivity index (χ2n) is 6.32. The van der Waals surface area contributed by atoms with Gasteiger partial charge in [-0.1, -0.05) is 60.4 Å². The number of nitrogens with zero attached hydrogens (tertiary/aromatic N) is 1. The molecular weight excluding hydrogens is 330 g/mol. The van der Waals surface area contributed by atoms with Crippen LogP contribution >= 0.6 is 24.0 Å². The normalized spacial score (nSPS) is 17.7. The van der Waals surface area contributed by atoms with Crippen molar-refractivity contribution in [2.45, 2.75) is 37.5 Å². The van der Waals surface area contributed by atoms with Crippen molar-refractivity contribution in [3.63, 3.8) is 0 Å². The van der Waals surface area contributed by atoms with Crippen LogP contribution in [0.5, 0.6) is 0 Å². The highest BCUT2D eigenvalue weighted by Gasteiger charge is 2.28. The van der Waals surface area contributed by atoms with Gasteiger partial charge in [0.15, 0.2) is 0 Å². The summed E-state index contributed by atoms with van der Waals surface area (Å²) in [6.45, 7) is 3.19. The summed E-state index contributed by atoms with van der Waals surface area (Å²) in [5, 5.41) is 1.26. The molecule has 0 N–H and O–H groups in total. The van der Waals surface area contributed by atoms with Crippen molar-refractivity contribution in [3.05, 3.63) is 70.3 Å². The van der Waals surface area contributed by atoms with Crippen LogP contribution in [0.1, 0.15) is 36.5 Å². The van der Waals surface area contributed by atoms with Crippen LogP contribution in [-0.2, 0) is 12.8 Å². The number of rotatable bonds is 3. The average Bonchev–Trinajstić information content (AvgIpc) is 3.00. The van der Waals surface area contributed by atoms with E-state index in [1.165, 1.54) is 41.3 Å². The summed E-state index contributed by atoms with van der Waals surface area (Å²) in [4.78, 5) is 4.79. The second kappa shape index (κ2) is 6.73. The van der Waals surface area contributed by atoms with Crippen molar-refractivity contribution in [1.29, 1.82) is 0 Å². The van der Waals surface area contributed by atoms with E-state index in [0.29, 0.717) is 0 Å². The van der Waals surface area contributed by atoms with E-state index in [-0.39, 0.29) is 0 Å². The third kappa shape index (κ3) is 2.80. The Hall–Kier alpha value is -1.58. The Morgan fingerprint density at radius 1 is 1.12 bits per heavy atom. The minimum atomic E-state index is 0.915. The van der Waals surface area contributed by atoms with Crippen molar-refractivity contribution in [1.82, 2.24) is 0 Å². The number of anilines is 1. The van der Waals surface area contributed by atoms with Crippen LogP contribution in [0.2, 0.25) is 0 Å². The highest BCUT2D eigenvalue weighted by Crippen LogP contribution is 2.49. The first kappa shape index (κ1) is 15.9. The minimum absolute atomic E-state index is 0.915. The molecular formula is C21H21NS2. The van der Waals surface area contributed by atoms with Crippen LogP contribution in [-0.4, -0.2) is 11.4 Å². The summed E-state index contributed by atoms with van der Waals surface area (Å²) < 4.78 is 0. The lowest BCUT2D eigenvalue weighted by atomic mass is 9.91. The molecule has 3 heteroatoms. The molecule has 0 bridgehead atoms. The van der Waals surface area contributed by atoms with Crippen molar-refractivity contribution in [2.24, 2.45) is 0 Å². The van der Waals surface area contributed by atoms with E-state index in [4.69, 9.17) is 12.2 Å². The molecule has 4 rings (SSSR count). The molecule has 0 atom stereocenters. The molecule has 0 spiro atoms. The largest absolute Gasteiger partial charge is 0.335 e. The van der Waals surface area contributed by atoms with Crippen LogP contribution < -0.4 is 4.90 Å². The summed E-state index contributed by atoms with van der Waals surface area (Å²) in [7, 11) is 0. The van der Waals surface area contributed by atoms with Gasteiger partial charge in [0, 0.05) is 16.3 Å². The number of benzene rings is 2. The monoisotopic (exact) mass is 351 g/mol. The number of fused-ring (bicyclic) bond motifs is 3. The molecule has 0 fully saturated rings. The fourth-order valence-electron chi connectivity index (χ4n) is 3.62. The number of thioether (sulfide) groups is 1. The second-order valence-corrected chi connectivity index (χ2v) is 7.79. The van der Waals surface area contributed by atoms with E-state index in [0.717, 1.165) is 17.0 Å². The highest BCUT2D eigenvalue weighted by molar-refractivity contribution is 8.03. The lowest BCUT2D eigenvalue weighted by molar-refractivity contribution is 0.676. The standard InChI is InChI=1S/C21H21NS2/c1-2-22-18-13-12-15-8-6-7-11-17(15)21(18)24-20(22)14-19(23)16-9-4-3-5-10-16/h3-5,9-10,12-14H,2,6-8,11H2,1H3/b20-14-. The Morgan fingerprint density at radius 3 is 2.71 bits per heavy atom. The molecule has 24 heavy (non-hydrogen) atoms. The summed E-state index contributed by atoms with van der Waals surface area (Å²) >= 11 is 7.58.